The Morgan fingerprint density at radius 3 is 2.00 bits per heavy atom. The normalized spacial score (nSPS) is 13.4. The average Bonchev–Trinajstić information content (AvgIpc) is 2.70. The largest absolute Gasteiger partial charge is 0.444 e. The molecule has 0 aliphatic rings. The van der Waals surface area contributed by atoms with Crippen LogP contribution >= 0.6 is 0 Å². The number of benzene rings is 1. The Hall–Kier alpha value is -2.57. The highest BCUT2D eigenvalue weighted by Crippen LogP contribution is 2.28. The lowest BCUT2D eigenvalue weighted by Gasteiger charge is -2.38. The lowest BCUT2D eigenvalue weighted by Crippen LogP contribution is -2.56. The van der Waals surface area contributed by atoms with E-state index in [2.05, 4.69) is 17.6 Å². The van der Waals surface area contributed by atoms with Gasteiger partial charge in [0.05, 0.1) is 0 Å². The minimum atomic E-state index is -0.839. The van der Waals surface area contributed by atoms with Gasteiger partial charge < -0.3 is 20.3 Å². The zero-order chi connectivity index (χ0) is 26.9. The fourth-order valence-corrected chi connectivity index (χ4v) is 4.08. The van der Waals surface area contributed by atoms with E-state index in [1.165, 1.54) is 0 Å². The minimum absolute atomic E-state index is 0.205. The summed E-state index contributed by atoms with van der Waals surface area (Å²) in [6, 6.07) is 4.02. The van der Waals surface area contributed by atoms with Gasteiger partial charge in [0.15, 0.2) is 0 Å². The molecule has 0 radical (unpaired) electrons. The van der Waals surface area contributed by atoms with Crippen LogP contribution in [0.1, 0.15) is 97.4 Å². The molecule has 0 aromatic heterocycles. The Bertz CT molecular complexity index is 838. The first-order chi connectivity index (χ1) is 16.2. The molecule has 0 aliphatic carbocycles. The molecule has 2 unspecified atom stereocenters. The molecule has 0 saturated heterocycles. The standard InChI is InChI=1S/C28H47N3O4/c1-11-12-13-14-29-25(32)24(22-16-20(6)15-21(7)17-22)31(19(4)5)26(33)23(18(2)3)30-27(34)35-28(8,9)10/h15-19,23-24H,11-14H2,1-10H3,(H,29,32)(H,30,34). The van der Waals surface area contributed by atoms with E-state index in [9.17, 15) is 14.4 Å². The van der Waals surface area contributed by atoms with Crippen molar-refractivity contribution in [3.8, 4) is 0 Å². The van der Waals surface area contributed by atoms with Crippen LogP contribution in [-0.2, 0) is 14.3 Å². The van der Waals surface area contributed by atoms with Crippen LogP contribution in [0, 0.1) is 19.8 Å². The lowest BCUT2D eigenvalue weighted by atomic mass is 9.95. The molecule has 2 N–H and O–H groups in total. The van der Waals surface area contributed by atoms with Gasteiger partial charge in [-0.25, -0.2) is 4.79 Å². The molecule has 0 bridgehead atoms. The quantitative estimate of drug-likeness (QED) is 0.405. The Kier molecular flexibility index (Phi) is 11.7. The number of unbranched alkanes of at least 4 members (excludes halogenated alkanes) is 2. The van der Waals surface area contributed by atoms with Gasteiger partial charge in [-0.2, -0.15) is 0 Å². The summed E-state index contributed by atoms with van der Waals surface area (Å²) in [5, 5.41) is 5.79. The van der Waals surface area contributed by atoms with Gasteiger partial charge in [-0.05, 0) is 66.4 Å². The SMILES string of the molecule is CCCCCNC(=O)C(c1cc(C)cc(C)c1)N(C(=O)C(NC(=O)OC(C)(C)C)C(C)C)C(C)C. The first-order valence-electron chi connectivity index (χ1n) is 12.9. The monoisotopic (exact) mass is 489 g/mol. The molecule has 35 heavy (non-hydrogen) atoms. The van der Waals surface area contributed by atoms with Gasteiger partial charge in [-0.15, -0.1) is 0 Å². The first kappa shape index (κ1) is 30.5. The third-order valence-electron chi connectivity index (χ3n) is 5.58. The van der Waals surface area contributed by atoms with E-state index >= 15 is 0 Å². The molecule has 7 nitrogen and oxygen atoms in total. The van der Waals surface area contributed by atoms with Crippen molar-refractivity contribution in [2.24, 2.45) is 5.92 Å². The van der Waals surface area contributed by atoms with Gasteiger partial charge in [-0.1, -0.05) is 62.9 Å². The summed E-state index contributed by atoms with van der Waals surface area (Å²) in [5.41, 5.74) is 2.11. The Morgan fingerprint density at radius 1 is 0.971 bits per heavy atom. The van der Waals surface area contributed by atoms with E-state index in [-0.39, 0.29) is 23.8 Å². The number of rotatable bonds is 11. The lowest BCUT2D eigenvalue weighted by molar-refractivity contribution is -0.145. The number of nitrogens with one attached hydrogen (secondary N) is 2. The number of aryl methyl sites for hydroxylation is 2. The van der Waals surface area contributed by atoms with Crippen molar-refractivity contribution >= 4 is 17.9 Å². The number of ether oxygens (including phenoxy) is 1. The zero-order valence-corrected chi connectivity index (χ0v) is 23.5. The van der Waals surface area contributed by atoms with E-state index in [1.807, 2.05) is 59.7 Å². The van der Waals surface area contributed by atoms with Crippen LogP contribution in [-0.4, -0.2) is 47.0 Å². The summed E-state index contributed by atoms with van der Waals surface area (Å²) in [4.78, 5) is 41.7. The van der Waals surface area contributed by atoms with Gasteiger partial charge in [0.2, 0.25) is 11.8 Å². The predicted octanol–water partition coefficient (Wildman–Crippen LogP) is 5.44. The highest BCUT2D eigenvalue weighted by atomic mass is 16.6. The molecule has 1 aromatic carbocycles. The number of amides is 3. The second-order valence-electron chi connectivity index (χ2n) is 11.0. The third kappa shape index (κ3) is 9.90. The van der Waals surface area contributed by atoms with Crippen molar-refractivity contribution in [2.45, 2.75) is 112 Å². The maximum absolute atomic E-state index is 14.0. The second-order valence-corrected chi connectivity index (χ2v) is 11.0. The molecule has 1 rings (SSSR count). The van der Waals surface area contributed by atoms with E-state index in [1.54, 1.807) is 25.7 Å². The van der Waals surface area contributed by atoms with Gasteiger partial charge in [0, 0.05) is 12.6 Å². The Labute approximate surface area is 212 Å². The highest BCUT2D eigenvalue weighted by Gasteiger charge is 2.38. The molecular formula is C28H47N3O4. The summed E-state index contributed by atoms with van der Waals surface area (Å²) in [5.74, 6) is -0.731. The summed E-state index contributed by atoms with van der Waals surface area (Å²) in [7, 11) is 0. The maximum Gasteiger partial charge on any atom is 0.408 e. The molecular weight excluding hydrogens is 442 g/mol. The average molecular weight is 490 g/mol. The fourth-order valence-electron chi connectivity index (χ4n) is 4.08. The van der Waals surface area contributed by atoms with Crippen molar-refractivity contribution in [1.29, 1.82) is 0 Å². The van der Waals surface area contributed by atoms with Crippen molar-refractivity contribution in [1.82, 2.24) is 15.5 Å². The van der Waals surface area contributed by atoms with E-state index in [4.69, 9.17) is 4.74 Å². The summed E-state index contributed by atoms with van der Waals surface area (Å²) in [6.45, 7) is 19.5. The topological polar surface area (TPSA) is 87.7 Å². The molecule has 0 fully saturated rings. The van der Waals surface area contributed by atoms with Crippen LogP contribution in [0.2, 0.25) is 0 Å². The molecule has 2 atom stereocenters. The van der Waals surface area contributed by atoms with Gasteiger partial charge in [0.25, 0.3) is 0 Å². The number of hydrogen-bond acceptors (Lipinski definition) is 4. The molecule has 1 aromatic rings. The Morgan fingerprint density at radius 2 is 1.54 bits per heavy atom. The maximum atomic E-state index is 14.0. The predicted molar refractivity (Wildman–Crippen MR) is 141 cm³/mol. The van der Waals surface area contributed by atoms with Crippen molar-refractivity contribution in [3.05, 3.63) is 34.9 Å². The number of nitrogens with zero attached hydrogens (tertiary/aromatic N) is 1. The summed E-state index contributed by atoms with van der Waals surface area (Å²) < 4.78 is 5.41. The molecule has 7 heteroatoms. The van der Waals surface area contributed by atoms with Crippen LogP contribution < -0.4 is 10.6 Å². The van der Waals surface area contributed by atoms with E-state index < -0.39 is 23.8 Å². The highest BCUT2D eigenvalue weighted by molar-refractivity contribution is 5.92. The first-order valence-corrected chi connectivity index (χ1v) is 12.9. The number of alkyl carbamates (subject to hydrolysis) is 1. The summed E-state index contributed by atoms with van der Waals surface area (Å²) in [6.07, 6.45) is 2.31. The fraction of sp³-hybridized carbons (Fsp3) is 0.679. The van der Waals surface area contributed by atoms with Gasteiger partial charge >= 0.3 is 6.09 Å². The number of hydrogen-bond donors (Lipinski definition) is 2. The Balaban J connectivity index is 3.42. The van der Waals surface area contributed by atoms with Crippen molar-refractivity contribution in [3.63, 3.8) is 0 Å². The molecule has 0 saturated carbocycles. The van der Waals surface area contributed by atoms with E-state index in [0.29, 0.717) is 6.54 Å². The number of carbonyl (C=O) groups excluding carboxylic acids is 3. The summed E-state index contributed by atoms with van der Waals surface area (Å²) >= 11 is 0. The van der Waals surface area contributed by atoms with Crippen LogP contribution in [0.15, 0.2) is 18.2 Å². The van der Waals surface area contributed by atoms with Crippen molar-refractivity contribution < 1.29 is 19.1 Å². The zero-order valence-electron chi connectivity index (χ0n) is 23.5. The van der Waals surface area contributed by atoms with Crippen LogP contribution in [0.3, 0.4) is 0 Å². The van der Waals surface area contributed by atoms with Gasteiger partial charge in [-0.3, -0.25) is 9.59 Å². The van der Waals surface area contributed by atoms with Crippen LogP contribution in [0.5, 0.6) is 0 Å². The molecule has 198 valence electrons. The third-order valence-corrected chi connectivity index (χ3v) is 5.58. The van der Waals surface area contributed by atoms with Gasteiger partial charge in [0.1, 0.15) is 17.7 Å². The molecule has 0 spiro atoms. The van der Waals surface area contributed by atoms with Crippen molar-refractivity contribution in [2.75, 3.05) is 6.54 Å². The number of carbonyl (C=O) groups is 3. The molecule has 0 heterocycles. The second kappa shape index (κ2) is 13.5. The van der Waals surface area contributed by atoms with E-state index in [0.717, 1.165) is 36.0 Å². The minimum Gasteiger partial charge on any atom is -0.444 e. The smallest absolute Gasteiger partial charge is 0.408 e. The molecule has 0 aliphatic heterocycles. The molecule has 3 amide bonds. The van der Waals surface area contributed by atoms with Crippen LogP contribution in [0.25, 0.3) is 0 Å². The van der Waals surface area contributed by atoms with Crippen LogP contribution in [0.4, 0.5) is 4.79 Å².